The third-order valence-corrected chi connectivity index (χ3v) is 5.84. The Morgan fingerprint density at radius 2 is 1.64 bits per heavy atom. The molecule has 0 saturated heterocycles. The zero-order valence-electron chi connectivity index (χ0n) is 18.6. The monoisotopic (exact) mass is 473 g/mol. The molecule has 33 heavy (non-hydrogen) atoms. The second kappa shape index (κ2) is 10.2. The molecule has 2 aromatic carbocycles. The van der Waals surface area contributed by atoms with Crippen LogP contribution >= 0.6 is 0 Å². The predicted octanol–water partition coefficient (Wildman–Crippen LogP) is 3.62. The fraction of sp³-hybridized carbons (Fsp3) is 0.391. The first kappa shape index (κ1) is 23.1. The minimum Gasteiger partial charge on any atom is -0.497 e. The molecule has 3 aromatic rings. The van der Waals surface area contributed by atoms with Gasteiger partial charge in [-0.15, -0.1) is 5.10 Å². The fourth-order valence-electron chi connectivity index (χ4n) is 3.63. The fourth-order valence-corrected chi connectivity index (χ4v) is 4.00. The van der Waals surface area contributed by atoms with Crippen molar-refractivity contribution in [3.63, 3.8) is 0 Å². The summed E-state index contributed by atoms with van der Waals surface area (Å²) in [6, 6.07) is 15.2. The molecule has 0 radical (unpaired) electrons. The molecule has 1 saturated carbocycles. The molecule has 10 heteroatoms. The quantitative estimate of drug-likeness (QED) is 0.325. The van der Waals surface area contributed by atoms with Gasteiger partial charge in [0, 0.05) is 5.56 Å². The third kappa shape index (κ3) is 6.23. The molecule has 1 aliphatic rings. The van der Waals surface area contributed by atoms with Gasteiger partial charge in [-0.2, -0.15) is 13.4 Å². The molecule has 1 aromatic heterocycles. The molecule has 9 nitrogen and oxygen atoms in total. The number of aromatic nitrogens is 3. The Morgan fingerprint density at radius 1 is 0.970 bits per heavy atom. The van der Waals surface area contributed by atoms with Gasteiger partial charge in [0.25, 0.3) is 10.1 Å². The number of nitrogens with zero attached hydrogens (tertiary/aromatic N) is 3. The first-order chi connectivity index (χ1) is 15.9. The van der Waals surface area contributed by atoms with E-state index in [-0.39, 0.29) is 19.3 Å². The van der Waals surface area contributed by atoms with Crippen LogP contribution in [0.2, 0.25) is 0 Å². The van der Waals surface area contributed by atoms with Crippen molar-refractivity contribution in [3.8, 4) is 34.6 Å². The minimum atomic E-state index is -3.48. The van der Waals surface area contributed by atoms with Gasteiger partial charge in [-0.3, -0.25) is 4.18 Å². The summed E-state index contributed by atoms with van der Waals surface area (Å²) in [6.45, 7) is 0.0715. The Morgan fingerprint density at radius 3 is 2.27 bits per heavy atom. The van der Waals surface area contributed by atoms with E-state index in [0.717, 1.165) is 48.9 Å². The van der Waals surface area contributed by atoms with Crippen LogP contribution < -0.4 is 14.2 Å². The van der Waals surface area contributed by atoms with Gasteiger partial charge in [0.1, 0.15) is 30.8 Å². The summed E-state index contributed by atoms with van der Waals surface area (Å²) < 4.78 is 45.4. The summed E-state index contributed by atoms with van der Waals surface area (Å²) in [5, 5.41) is 4.62. The molecular weight excluding hydrogens is 446 g/mol. The van der Waals surface area contributed by atoms with Crippen LogP contribution in [-0.4, -0.2) is 55.9 Å². The van der Waals surface area contributed by atoms with Gasteiger partial charge < -0.3 is 14.2 Å². The highest BCUT2D eigenvalue weighted by molar-refractivity contribution is 7.85. The number of ether oxygens (including phenoxy) is 3. The van der Waals surface area contributed by atoms with E-state index in [1.54, 1.807) is 23.9 Å². The van der Waals surface area contributed by atoms with Gasteiger partial charge in [0.15, 0.2) is 5.82 Å². The maximum Gasteiger partial charge on any atom is 0.336 e. The smallest absolute Gasteiger partial charge is 0.336 e. The van der Waals surface area contributed by atoms with E-state index in [1.807, 2.05) is 36.4 Å². The first-order valence-electron chi connectivity index (χ1n) is 10.8. The van der Waals surface area contributed by atoms with E-state index in [4.69, 9.17) is 14.2 Å². The van der Waals surface area contributed by atoms with E-state index in [0.29, 0.717) is 17.6 Å². The van der Waals surface area contributed by atoms with Crippen LogP contribution in [0.15, 0.2) is 48.5 Å². The average molecular weight is 474 g/mol. The summed E-state index contributed by atoms with van der Waals surface area (Å²) >= 11 is 0. The Kier molecular flexibility index (Phi) is 7.14. The molecule has 0 spiro atoms. The van der Waals surface area contributed by atoms with Crippen LogP contribution in [0, 0.1) is 0 Å². The highest BCUT2D eigenvalue weighted by Crippen LogP contribution is 2.28. The molecule has 4 rings (SSSR count). The van der Waals surface area contributed by atoms with Crippen LogP contribution in [0.25, 0.3) is 17.1 Å². The maximum atomic E-state index is 11.0. The number of rotatable bonds is 10. The van der Waals surface area contributed by atoms with E-state index >= 15 is 0 Å². The SMILES string of the molecule is COc1ccc(-n2nc(OC3CCCC3)nc2-c2ccc(OCCOS(C)(=O)=O)cc2)cc1. The average Bonchev–Trinajstić information content (AvgIpc) is 3.47. The van der Waals surface area contributed by atoms with E-state index < -0.39 is 10.1 Å². The molecule has 0 bridgehead atoms. The Bertz CT molecular complexity index is 1150. The van der Waals surface area contributed by atoms with Gasteiger partial charge in [-0.25, -0.2) is 4.68 Å². The van der Waals surface area contributed by atoms with Gasteiger partial charge >= 0.3 is 6.01 Å². The van der Waals surface area contributed by atoms with Crippen LogP contribution in [0.5, 0.6) is 17.5 Å². The molecule has 0 atom stereocenters. The molecule has 0 aliphatic heterocycles. The largest absolute Gasteiger partial charge is 0.497 e. The molecular formula is C23H27N3O6S. The predicted molar refractivity (Wildman–Crippen MR) is 123 cm³/mol. The molecule has 1 aliphatic carbocycles. The number of hydrogen-bond donors (Lipinski definition) is 0. The van der Waals surface area contributed by atoms with Crippen molar-refractivity contribution in [2.45, 2.75) is 31.8 Å². The zero-order valence-corrected chi connectivity index (χ0v) is 19.5. The second-order valence-electron chi connectivity index (χ2n) is 7.75. The second-order valence-corrected chi connectivity index (χ2v) is 9.40. The zero-order chi connectivity index (χ0) is 23.3. The lowest BCUT2D eigenvalue weighted by molar-refractivity contribution is 0.192. The summed E-state index contributed by atoms with van der Waals surface area (Å²) in [4.78, 5) is 4.67. The van der Waals surface area contributed by atoms with Crippen molar-refractivity contribution in [1.29, 1.82) is 0 Å². The Hall–Kier alpha value is -3.11. The van der Waals surface area contributed by atoms with Crippen molar-refractivity contribution in [2.24, 2.45) is 0 Å². The Labute approximate surface area is 193 Å². The van der Waals surface area contributed by atoms with Crippen molar-refractivity contribution in [1.82, 2.24) is 14.8 Å². The van der Waals surface area contributed by atoms with Gasteiger partial charge in [0.05, 0.1) is 19.1 Å². The standard InChI is InChI=1S/C23H27N3O6S/c1-29-19-13-9-18(10-14-19)26-22(24-23(25-26)32-21-5-3-4-6-21)17-7-11-20(12-8-17)30-15-16-31-33(2,27)28/h7-14,21H,3-6,15-16H2,1-2H3. The number of methoxy groups -OCH3 is 1. The number of hydrogen-bond acceptors (Lipinski definition) is 8. The third-order valence-electron chi connectivity index (χ3n) is 5.24. The first-order valence-corrected chi connectivity index (χ1v) is 12.6. The van der Waals surface area contributed by atoms with Crippen LogP contribution in [-0.2, 0) is 14.3 Å². The lowest BCUT2D eigenvalue weighted by Crippen LogP contribution is -2.12. The van der Waals surface area contributed by atoms with Crippen molar-refractivity contribution >= 4 is 10.1 Å². The summed E-state index contributed by atoms with van der Waals surface area (Å²) in [5.74, 6) is 1.98. The van der Waals surface area contributed by atoms with E-state index in [9.17, 15) is 8.42 Å². The lowest BCUT2D eigenvalue weighted by Gasteiger charge is -2.09. The van der Waals surface area contributed by atoms with Gasteiger partial charge in [0.2, 0.25) is 0 Å². The van der Waals surface area contributed by atoms with Crippen LogP contribution in [0.1, 0.15) is 25.7 Å². The Balaban J connectivity index is 1.54. The lowest BCUT2D eigenvalue weighted by atomic mass is 10.2. The molecule has 0 N–H and O–H groups in total. The highest BCUT2D eigenvalue weighted by Gasteiger charge is 2.21. The highest BCUT2D eigenvalue weighted by atomic mass is 32.2. The number of benzene rings is 2. The normalized spacial score (nSPS) is 14.4. The van der Waals surface area contributed by atoms with E-state index in [1.165, 1.54) is 0 Å². The molecule has 1 heterocycles. The summed E-state index contributed by atoms with van der Waals surface area (Å²) in [6.07, 6.45) is 5.50. The van der Waals surface area contributed by atoms with Crippen LogP contribution in [0.4, 0.5) is 0 Å². The van der Waals surface area contributed by atoms with Crippen molar-refractivity contribution in [2.75, 3.05) is 26.6 Å². The van der Waals surface area contributed by atoms with E-state index in [2.05, 4.69) is 14.3 Å². The molecule has 0 amide bonds. The van der Waals surface area contributed by atoms with Crippen molar-refractivity contribution < 1.29 is 26.8 Å². The van der Waals surface area contributed by atoms with Crippen LogP contribution in [0.3, 0.4) is 0 Å². The molecule has 176 valence electrons. The minimum absolute atomic E-state index is 0.0474. The van der Waals surface area contributed by atoms with Crippen molar-refractivity contribution in [3.05, 3.63) is 48.5 Å². The van der Waals surface area contributed by atoms with Gasteiger partial charge in [-0.1, -0.05) is 0 Å². The molecule has 1 fully saturated rings. The topological polar surface area (TPSA) is 102 Å². The molecule has 0 unspecified atom stereocenters. The van der Waals surface area contributed by atoms with Gasteiger partial charge in [-0.05, 0) is 74.2 Å². The summed E-state index contributed by atoms with van der Waals surface area (Å²) in [7, 11) is -1.86. The summed E-state index contributed by atoms with van der Waals surface area (Å²) in [5.41, 5.74) is 1.66. The maximum absolute atomic E-state index is 11.0.